The van der Waals surface area contributed by atoms with Crippen molar-refractivity contribution < 1.29 is 9.47 Å². The van der Waals surface area contributed by atoms with E-state index in [-0.39, 0.29) is 12.4 Å². The number of halogens is 1. The van der Waals surface area contributed by atoms with E-state index < -0.39 is 0 Å². The quantitative estimate of drug-likeness (QED) is 0.688. The highest BCUT2D eigenvalue weighted by molar-refractivity contribution is 5.85. The molecule has 1 aromatic heterocycles. The van der Waals surface area contributed by atoms with Gasteiger partial charge in [0.15, 0.2) is 0 Å². The van der Waals surface area contributed by atoms with E-state index in [1.807, 2.05) is 31.2 Å². The van der Waals surface area contributed by atoms with Crippen molar-refractivity contribution in [2.45, 2.75) is 13.8 Å². The second kappa shape index (κ2) is 8.54. The van der Waals surface area contributed by atoms with Crippen molar-refractivity contribution >= 4 is 23.9 Å². The molecule has 2 aromatic carbocycles. The highest BCUT2D eigenvalue weighted by Crippen LogP contribution is 2.32. The van der Waals surface area contributed by atoms with Gasteiger partial charge in [-0.2, -0.15) is 0 Å². The maximum Gasteiger partial charge on any atom is 0.142 e. The lowest BCUT2D eigenvalue weighted by atomic mass is 10.1. The average Bonchev–Trinajstić information content (AvgIpc) is 2.61. The molecule has 0 aliphatic carbocycles. The predicted molar refractivity (Wildman–Crippen MR) is 107 cm³/mol. The molecule has 136 valence electrons. The first kappa shape index (κ1) is 19.5. The topological polar surface area (TPSA) is 56.3 Å². The number of anilines is 2. The first-order valence-electron chi connectivity index (χ1n) is 8.01. The smallest absolute Gasteiger partial charge is 0.142 e. The van der Waals surface area contributed by atoms with Gasteiger partial charge in [-0.15, -0.1) is 12.4 Å². The van der Waals surface area contributed by atoms with Crippen molar-refractivity contribution in [3.8, 4) is 22.8 Å². The Balaban J connectivity index is 0.00000243. The van der Waals surface area contributed by atoms with Crippen LogP contribution in [0, 0.1) is 13.8 Å². The molecule has 0 aliphatic heterocycles. The molecule has 3 rings (SSSR count). The highest BCUT2D eigenvalue weighted by atomic mass is 35.5. The van der Waals surface area contributed by atoms with E-state index in [0.29, 0.717) is 17.4 Å². The minimum Gasteiger partial charge on any atom is -0.497 e. The Morgan fingerprint density at radius 1 is 0.846 bits per heavy atom. The van der Waals surface area contributed by atoms with Crippen LogP contribution in [0.15, 0.2) is 48.5 Å². The lowest BCUT2D eigenvalue weighted by Gasteiger charge is -2.13. The van der Waals surface area contributed by atoms with Gasteiger partial charge in [-0.3, -0.25) is 0 Å². The summed E-state index contributed by atoms with van der Waals surface area (Å²) in [5.41, 5.74) is 3.93. The van der Waals surface area contributed by atoms with Crippen LogP contribution >= 0.6 is 12.4 Å². The zero-order valence-corrected chi connectivity index (χ0v) is 16.1. The predicted octanol–water partition coefficient (Wildman–Crippen LogP) is 4.94. The first-order chi connectivity index (χ1) is 12.1. The van der Waals surface area contributed by atoms with Gasteiger partial charge in [0.25, 0.3) is 0 Å². The van der Waals surface area contributed by atoms with E-state index in [1.165, 1.54) is 5.56 Å². The molecule has 3 aromatic rings. The molecule has 0 aliphatic rings. The Morgan fingerprint density at radius 3 is 2.23 bits per heavy atom. The molecule has 1 N–H and O–H groups in total. The summed E-state index contributed by atoms with van der Waals surface area (Å²) >= 11 is 0. The van der Waals surface area contributed by atoms with E-state index in [1.54, 1.807) is 14.2 Å². The fraction of sp³-hybridized carbons (Fsp3) is 0.200. The average molecular weight is 372 g/mol. The Bertz CT molecular complexity index is 883. The van der Waals surface area contributed by atoms with Crippen molar-refractivity contribution in [1.82, 2.24) is 9.97 Å². The third-order valence-corrected chi connectivity index (χ3v) is 3.85. The van der Waals surface area contributed by atoms with Crippen molar-refractivity contribution in [1.29, 1.82) is 0 Å². The van der Waals surface area contributed by atoms with Gasteiger partial charge < -0.3 is 14.8 Å². The zero-order valence-electron chi connectivity index (χ0n) is 15.2. The number of hydrogen-bond acceptors (Lipinski definition) is 5. The van der Waals surface area contributed by atoms with Gasteiger partial charge in [0, 0.05) is 17.7 Å². The maximum absolute atomic E-state index is 5.41. The molecule has 0 bridgehead atoms. The molecule has 0 spiro atoms. The molecule has 0 saturated carbocycles. The van der Waals surface area contributed by atoms with E-state index in [2.05, 4.69) is 46.5 Å². The number of rotatable bonds is 5. The summed E-state index contributed by atoms with van der Waals surface area (Å²) in [5.74, 6) is 2.86. The summed E-state index contributed by atoms with van der Waals surface area (Å²) in [6.07, 6.45) is 0. The van der Waals surface area contributed by atoms with Gasteiger partial charge in [0.1, 0.15) is 23.1 Å². The lowest BCUT2D eigenvalue weighted by molar-refractivity contribution is 0.405. The summed E-state index contributed by atoms with van der Waals surface area (Å²) in [6.45, 7) is 3.95. The molecule has 0 fully saturated rings. The monoisotopic (exact) mass is 371 g/mol. The highest BCUT2D eigenvalue weighted by Gasteiger charge is 2.09. The Kier molecular flexibility index (Phi) is 6.41. The molecule has 0 atom stereocenters. The molecule has 6 heteroatoms. The molecule has 26 heavy (non-hydrogen) atoms. The molecule has 0 amide bonds. The number of ether oxygens (including phenoxy) is 2. The molecular formula is C20H22ClN3O2. The van der Waals surface area contributed by atoms with E-state index in [9.17, 15) is 0 Å². The van der Waals surface area contributed by atoms with Crippen LogP contribution in [0.1, 0.15) is 11.4 Å². The normalized spacial score (nSPS) is 10.0. The zero-order chi connectivity index (χ0) is 17.8. The Morgan fingerprint density at radius 2 is 1.58 bits per heavy atom. The largest absolute Gasteiger partial charge is 0.497 e. The Hall–Kier alpha value is -2.79. The van der Waals surface area contributed by atoms with Crippen LogP contribution in [-0.2, 0) is 0 Å². The summed E-state index contributed by atoms with van der Waals surface area (Å²) in [4.78, 5) is 9.03. The minimum atomic E-state index is 0. The van der Waals surface area contributed by atoms with Crippen LogP contribution in [0.3, 0.4) is 0 Å². The van der Waals surface area contributed by atoms with Gasteiger partial charge in [-0.05, 0) is 26.0 Å². The van der Waals surface area contributed by atoms with Crippen molar-refractivity contribution in [2.24, 2.45) is 0 Å². The number of nitrogens with zero attached hydrogens (tertiary/aromatic N) is 2. The summed E-state index contributed by atoms with van der Waals surface area (Å²) in [6, 6.07) is 15.8. The second-order valence-corrected chi connectivity index (χ2v) is 5.74. The number of nitrogens with one attached hydrogen (secondary N) is 1. The number of methoxy groups -OCH3 is 2. The van der Waals surface area contributed by atoms with E-state index in [4.69, 9.17) is 9.47 Å². The van der Waals surface area contributed by atoms with Crippen molar-refractivity contribution in [3.05, 3.63) is 59.9 Å². The fourth-order valence-corrected chi connectivity index (χ4v) is 2.55. The number of aryl methyl sites for hydroxylation is 2. The lowest BCUT2D eigenvalue weighted by Crippen LogP contribution is -2.01. The summed E-state index contributed by atoms with van der Waals surface area (Å²) in [5, 5.41) is 3.30. The summed E-state index contributed by atoms with van der Waals surface area (Å²) < 4.78 is 10.7. The molecule has 0 radical (unpaired) electrons. The van der Waals surface area contributed by atoms with Crippen molar-refractivity contribution in [3.63, 3.8) is 0 Å². The molecule has 0 saturated heterocycles. The van der Waals surface area contributed by atoms with Gasteiger partial charge >= 0.3 is 0 Å². The van der Waals surface area contributed by atoms with E-state index in [0.717, 1.165) is 22.7 Å². The second-order valence-electron chi connectivity index (χ2n) is 5.74. The van der Waals surface area contributed by atoms with Crippen LogP contribution in [-0.4, -0.2) is 24.2 Å². The fourth-order valence-electron chi connectivity index (χ4n) is 2.55. The standard InChI is InChI=1S/C20H21N3O2.ClH/c1-13-5-7-15(8-6-13)17-12-20(22-14(2)21-17)23-18-11-16(24-3)9-10-19(18)25-4;/h5-12H,1-4H3,(H,21,22,23);1H. The van der Waals surface area contributed by atoms with Gasteiger partial charge in [-0.1, -0.05) is 29.8 Å². The van der Waals surface area contributed by atoms with Gasteiger partial charge in [0.05, 0.1) is 25.6 Å². The Labute approximate surface area is 159 Å². The van der Waals surface area contributed by atoms with Crippen LogP contribution in [0.4, 0.5) is 11.5 Å². The van der Waals surface area contributed by atoms with Gasteiger partial charge in [-0.25, -0.2) is 9.97 Å². The SMILES string of the molecule is COc1ccc(OC)c(Nc2cc(-c3ccc(C)cc3)nc(C)n2)c1.Cl. The molecule has 5 nitrogen and oxygen atoms in total. The number of benzene rings is 2. The van der Waals surface area contributed by atoms with Crippen LogP contribution < -0.4 is 14.8 Å². The first-order valence-corrected chi connectivity index (χ1v) is 8.01. The van der Waals surface area contributed by atoms with Crippen LogP contribution in [0.2, 0.25) is 0 Å². The summed E-state index contributed by atoms with van der Waals surface area (Å²) in [7, 11) is 3.27. The minimum absolute atomic E-state index is 0. The van der Waals surface area contributed by atoms with E-state index >= 15 is 0 Å². The third-order valence-electron chi connectivity index (χ3n) is 3.85. The maximum atomic E-state index is 5.41. The molecule has 0 unspecified atom stereocenters. The molecule has 1 heterocycles. The third kappa shape index (κ3) is 4.43. The van der Waals surface area contributed by atoms with Crippen LogP contribution in [0.25, 0.3) is 11.3 Å². The number of hydrogen-bond donors (Lipinski definition) is 1. The van der Waals surface area contributed by atoms with Crippen molar-refractivity contribution in [2.75, 3.05) is 19.5 Å². The number of aromatic nitrogens is 2. The van der Waals surface area contributed by atoms with Crippen LogP contribution in [0.5, 0.6) is 11.5 Å². The molecular weight excluding hydrogens is 350 g/mol. The van der Waals surface area contributed by atoms with Gasteiger partial charge in [0.2, 0.25) is 0 Å².